The highest BCUT2D eigenvalue weighted by Crippen LogP contribution is 2.22. The number of hydrogen-bond donors (Lipinski definition) is 2. The normalized spacial score (nSPS) is 18.2. The van der Waals surface area contributed by atoms with Gasteiger partial charge >= 0.3 is 0 Å². The third kappa shape index (κ3) is 6.68. The Morgan fingerprint density at radius 1 is 1.38 bits per heavy atom. The molecule has 0 aromatic carbocycles. The molecule has 1 aliphatic heterocycles. The minimum atomic E-state index is 0. The molecule has 0 radical (unpaired) electrons. The first-order chi connectivity index (χ1) is 12.0. The van der Waals surface area contributed by atoms with Crippen LogP contribution in [-0.2, 0) is 11.3 Å². The first-order valence-corrected chi connectivity index (χ1v) is 9.62. The van der Waals surface area contributed by atoms with E-state index in [1.54, 1.807) is 0 Å². The predicted molar refractivity (Wildman–Crippen MR) is 116 cm³/mol. The minimum absolute atomic E-state index is 0. The first-order valence-electron chi connectivity index (χ1n) is 9.62. The quantitative estimate of drug-likeness (QED) is 0.341. The smallest absolute Gasteiger partial charge is 0.191 e. The third-order valence-electron chi connectivity index (χ3n) is 4.44. The van der Waals surface area contributed by atoms with Gasteiger partial charge in [-0.3, -0.25) is 4.99 Å². The second-order valence-electron chi connectivity index (χ2n) is 6.87. The number of halogens is 1. The second-order valence-corrected chi connectivity index (χ2v) is 6.87. The van der Waals surface area contributed by atoms with Crippen molar-refractivity contribution in [1.82, 2.24) is 25.4 Å². The lowest BCUT2D eigenvalue weighted by Crippen LogP contribution is -2.41. The molecule has 0 amide bonds. The van der Waals surface area contributed by atoms with Crippen LogP contribution in [0.5, 0.6) is 0 Å². The van der Waals surface area contributed by atoms with Crippen molar-refractivity contribution < 1.29 is 4.74 Å². The number of aliphatic imine (C=N–C) groups is 1. The topological polar surface area (TPSA) is 76.4 Å². The highest BCUT2D eigenvalue weighted by molar-refractivity contribution is 14.0. The summed E-state index contributed by atoms with van der Waals surface area (Å²) in [5.74, 6) is 3.21. The summed E-state index contributed by atoms with van der Waals surface area (Å²) in [5, 5.41) is 11.3. The van der Waals surface area contributed by atoms with E-state index in [4.69, 9.17) is 9.73 Å². The number of nitrogens with zero attached hydrogens (tertiary/aromatic N) is 4. The summed E-state index contributed by atoms with van der Waals surface area (Å²) >= 11 is 0. The second kappa shape index (κ2) is 11.7. The van der Waals surface area contributed by atoms with E-state index in [2.05, 4.69) is 41.5 Å². The summed E-state index contributed by atoms with van der Waals surface area (Å²) in [5.41, 5.74) is 0. The van der Waals surface area contributed by atoms with Crippen LogP contribution < -0.4 is 10.6 Å². The number of nitrogens with one attached hydrogen (secondary N) is 2. The molecule has 150 valence electrons. The molecule has 0 bridgehead atoms. The molecule has 2 unspecified atom stereocenters. The van der Waals surface area contributed by atoms with E-state index in [0.717, 1.165) is 63.1 Å². The Morgan fingerprint density at radius 2 is 2.15 bits per heavy atom. The highest BCUT2D eigenvalue weighted by atomic mass is 127. The van der Waals surface area contributed by atoms with Crippen molar-refractivity contribution in [2.45, 2.75) is 72.6 Å². The van der Waals surface area contributed by atoms with Gasteiger partial charge in [0.2, 0.25) is 0 Å². The maximum atomic E-state index is 5.81. The first kappa shape index (κ1) is 23.1. The van der Waals surface area contributed by atoms with Gasteiger partial charge in [0.05, 0.1) is 12.1 Å². The Labute approximate surface area is 174 Å². The van der Waals surface area contributed by atoms with Gasteiger partial charge in [0.25, 0.3) is 0 Å². The number of rotatable bonds is 8. The van der Waals surface area contributed by atoms with Crippen molar-refractivity contribution in [3.05, 3.63) is 11.6 Å². The average Bonchev–Trinajstić information content (AvgIpc) is 2.95. The Morgan fingerprint density at radius 3 is 2.81 bits per heavy atom. The van der Waals surface area contributed by atoms with Gasteiger partial charge in [-0.25, -0.2) is 9.67 Å². The molecular formula is C18H35IN6O. The van der Waals surface area contributed by atoms with Gasteiger partial charge in [0.1, 0.15) is 11.6 Å². The van der Waals surface area contributed by atoms with Gasteiger partial charge in [0, 0.05) is 26.2 Å². The maximum absolute atomic E-state index is 5.81. The zero-order valence-corrected chi connectivity index (χ0v) is 19.1. The van der Waals surface area contributed by atoms with Crippen molar-refractivity contribution in [1.29, 1.82) is 0 Å². The third-order valence-corrected chi connectivity index (χ3v) is 4.44. The van der Waals surface area contributed by atoms with E-state index >= 15 is 0 Å². The molecule has 2 rings (SSSR count). The Balaban J connectivity index is 0.00000338. The number of fused-ring (bicyclic) bond motifs is 1. The zero-order chi connectivity index (χ0) is 18.2. The average molecular weight is 478 g/mol. The van der Waals surface area contributed by atoms with E-state index in [0.29, 0.717) is 5.92 Å². The SMILES string of the molecule is CCNC(=NCCC(OCC)C(C)C)NC1CCCn2nc(C)nc21.I. The number of ether oxygens (including phenoxy) is 1. The van der Waals surface area contributed by atoms with Crippen LogP contribution in [0.25, 0.3) is 0 Å². The Kier molecular flexibility index (Phi) is 10.4. The summed E-state index contributed by atoms with van der Waals surface area (Å²) in [6, 6.07) is 0.167. The zero-order valence-electron chi connectivity index (χ0n) is 16.8. The van der Waals surface area contributed by atoms with Crippen LogP contribution >= 0.6 is 24.0 Å². The van der Waals surface area contributed by atoms with Crippen molar-refractivity contribution in [2.75, 3.05) is 19.7 Å². The molecule has 7 nitrogen and oxygen atoms in total. The van der Waals surface area contributed by atoms with Crippen LogP contribution in [0.2, 0.25) is 0 Å². The van der Waals surface area contributed by atoms with Crippen LogP contribution in [0, 0.1) is 12.8 Å². The standard InChI is InChI=1S/C18H34N6O.HI/c1-6-19-18(20-11-10-16(13(3)4)25-7-2)22-15-9-8-12-24-17(15)21-14(5)23-24;/h13,15-16H,6-12H2,1-5H3,(H2,19,20,22);1H. The van der Waals surface area contributed by atoms with Crippen LogP contribution in [0.3, 0.4) is 0 Å². The van der Waals surface area contributed by atoms with Crippen molar-refractivity contribution in [2.24, 2.45) is 10.9 Å². The molecule has 2 N–H and O–H groups in total. The molecule has 0 saturated heterocycles. The number of hydrogen-bond acceptors (Lipinski definition) is 4. The monoisotopic (exact) mass is 478 g/mol. The highest BCUT2D eigenvalue weighted by Gasteiger charge is 2.24. The van der Waals surface area contributed by atoms with Crippen molar-refractivity contribution in [3.8, 4) is 0 Å². The molecule has 8 heteroatoms. The molecule has 1 aromatic rings. The molecule has 0 spiro atoms. The van der Waals surface area contributed by atoms with Gasteiger partial charge in [-0.15, -0.1) is 24.0 Å². The van der Waals surface area contributed by atoms with E-state index < -0.39 is 0 Å². The molecular weight excluding hydrogens is 443 g/mol. The number of aromatic nitrogens is 3. The summed E-state index contributed by atoms with van der Waals surface area (Å²) in [6.45, 7) is 13.8. The van der Waals surface area contributed by atoms with E-state index in [9.17, 15) is 0 Å². The summed E-state index contributed by atoms with van der Waals surface area (Å²) in [7, 11) is 0. The van der Waals surface area contributed by atoms with Gasteiger partial charge in [-0.05, 0) is 46.0 Å². The van der Waals surface area contributed by atoms with Gasteiger partial charge in [-0.1, -0.05) is 13.8 Å². The summed E-state index contributed by atoms with van der Waals surface area (Å²) in [4.78, 5) is 9.34. The van der Waals surface area contributed by atoms with Gasteiger partial charge < -0.3 is 15.4 Å². The van der Waals surface area contributed by atoms with Crippen LogP contribution in [0.4, 0.5) is 0 Å². The maximum Gasteiger partial charge on any atom is 0.191 e. The molecule has 26 heavy (non-hydrogen) atoms. The Hall–Kier alpha value is -0.900. The molecule has 2 heterocycles. The fourth-order valence-corrected chi connectivity index (χ4v) is 3.22. The fraction of sp³-hybridized carbons (Fsp3) is 0.833. The lowest BCUT2D eigenvalue weighted by molar-refractivity contribution is 0.0266. The van der Waals surface area contributed by atoms with Gasteiger partial charge in [0.15, 0.2) is 5.96 Å². The number of guanidine groups is 1. The molecule has 1 aliphatic rings. The van der Waals surface area contributed by atoms with E-state index in [-0.39, 0.29) is 36.1 Å². The van der Waals surface area contributed by atoms with Crippen molar-refractivity contribution in [3.63, 3.8) is 0 Å². The molecule has 2 atom stereocenters. The lowest BCUT2D eigenvalue weighted by atomic mass is 10.0. The largest absolute Gasteiger partial charge is 0.378 e. The molecule has 1 aromatic heterocycles. The molecule has 0 fully saturated rings. The number of aryl methyl sites for hydroxylation is 2. The van der Waals surface area contributed by atoms with Crippen LogP contribution in [-0.4, -0.2) is 46.5 Å². The molecule has 0 aliphatic carbocycles. The predicted octanol–water partition coefficient (Wildman–Crippen LogP) is 3.05. The fourth-order valence-electron chi connectivity index (χ4n) is 3.22. The summed E-state index contributed by atoms with van der Waals surface area (Å²) in [6.07, 6.45) is 3.35. The van der Waals surface area contributed by atoms with Crippen molar-refractivity contribution >= 4 is 29.9 Å². The van der Waals surface area contributed by atoms with E-state index in [1.807, 2.05) is 18.5 Å². The van der Waals surface area contributed by atoms with Crippen LogP contribution in [0.1, 0.15) is 64.6 Å². The molecule has 0 saturated carbocycles. The minimum Gasteiger partial charge on any atom is -0.378 e. The van der Waals surface area contributed by atoms with Gasteiger partial charge in [-0.2, -0.15) is 5.10 Å². The lowest BCUT2D eigenvalue weighted by Gasteiger charge is -2.25. The van der Waals surface area contributed by atoms with Crippen LogP contribution in [0.15, 0.2) is 4.99 Å². The summed E-state index contributed by atoms with van der Waals surface area (Å²) < 4.78 is 7.83. The Bertz CT molecular complexity index is 560. The van der Waals surface area contributed by atoms with E-state index in [1.165, 1.54) is 0 Å².